The Morgan fingerprint density at radius 3 is 2.72 bits per heavy atom. The first kappa shape index (κ1) is 17.4. The van der Waals surface area contributed by atoms with Crippen molar-refractivity contribution in [2.45, 2.75) is 20.0 Å². The van der Waals surface area contributed by atoms with E-state index in [9.17, 15) is 8.78 Å². The average Bonchev–Trinajstić information content (AvgIpc) is 3.16. The molecule has 1 atom stereocenters. The zero-order valence-electron chi connectivity index (χ0n) is 16.0. The van der Waals surface area contributed by atoms with Gasteiger partial charge in [-0.05, 0) is 37.6 Å². The van der Waals surface area contributed by atoms with Gasteiger partial charge in [0.1, 0.15) is 34.9 Å². The normalized spacial score (nSPS) is 15.9. The van der Waals surface area contributed by atoms with Crippen LogP contribution in [0, 0.1) is 29.9 Å². The van der Waals surface area contributed by atoms with E-state index in [4.69, 9.17) is 9.68 Å². The van der Waals surface area contributed by atoms with Gasteiger partial charge >= 0.3 is 0 Å². The zero-order valence-corrected chi connectivity index (χ0v) is 16.0. The van der Waals surface area contributed by atoms with Crippen LogP contribution in [-0.4, -0.2) is 18.2 Å². The van der Waals surface area contributed by atoms with Crippen LogP contribution in [-0.2, 0) is 0 Å². The summed E-state index contributed by atoms with van der Waals surface area (Å²) in [6, 6.07) is 10.5. The minimum atomic E-state index is -0.872. The molecule has 0 radical (unpaired) electrons. The van der Waals surface area contributed by atoms with Crippen LogP contribution < -0.4 is 9.80 Å². The third kappa shape index (κ3) is 2.26. The molecule has 0 saturated carbocycles. The maximum absolute atomic E-state index is 14.9. The van der Waals surface area contributed by atoms with Crippen LogP contribution in [0.25, 0.3) is 22.1 Å². The first-order valence-corrected chi connectivity index (χ1v) is 9.14. The number of nitriles is 1. The Hall–Kier alpha value is -3.66. The molecular formula is C22H16F2N4O. The summed E-state index contributed by atoms with van der Waals surface area (Å²) in [5.74, 6) is -1.71. The van der Waals surface area contributed by atoms with Crippen LogP contribution >= 0.6 is 0 Å². The van der Waals surface area contributed by atoms with E-state index in [-0.39, 0.29) is 11.9 Å². The van der Waals surface area contributed by atoms with Crippen molar-refractivity contribution < 1.29 is 13.2 Å². The summed E-state index contributed by atoms with van der Waals surface area (Å²) in [7, 11) is 1.73. The Morgan fingerprint density at radius 1 is 1.17 bits per heavy atom. The molecule has 0 fully saturated rings. The summed E-state index contributed by atoms with van der Waals surface area (Å²) in [4.78, 5) is 7.82. The standard InChI is InChI=1S/C22H16F2N4O/c1-11-7-14-13-5-4-6-26-22(13)29-19(14)9-17(11)28-12(2)27(3)21-18(28)8-16(23)15(10-25)20(21)24/h4-9,12H,1-3H3. The van der Waals surface area contributed by atoms with Crippen molar-refractivity contribution in [2.75, 3.05) is 16.8 Å². The quantitative estimate of drug-likeness (QED) is 0.437. The highest BCUT2D eigenvalue weighted by atomic mass is 19.1. The summed E-state index contributed by atoms with van der Waals surface area (Å²) in [6.07, 6.45) is 1.39. The molecule has 29 heavy (non-hydrogen) atoms. The molecule has 2 aromatic heterocycles. The molecule has 0 saturated heterocycles. The molecule has 0 spiro atoms. The van der Waals surface area contributed by atoms with Crippen molar-refractivity contribution in [2.24, 2.45) is 0 Å². The van der Waals surface area contributed by atoms with Gasteiger partial charge in [-0.15, -0.1) is 0 Å². The zero-order chi connectivity index (χ0) is 20.4. The summed E-state index contributed by atoms with van der Waals surface area (Å²) in [6.45, 7) is 3.85. The lowest BCUT2D eigenvalue weighted by atomic mass is 10.1. The lowest BCUT2D eigenvalue weighted by Crippen LogP contribution is -2.36. The van der Waals surface area contributed by atoms with Crippen molar-refractivity contribution in [3.05, 3.63) is 59.3 Å². The van der Waals surface area contributed by atoms with E-state index in [2.05, 4.69) is 4.98 Å². The highest BCUT2D eigenvalue weighted by molar-refractivity contribution is 6.05. The lowest BCUT2D eigenvalue weighted by Gasteiger charge is -2.28. The van der Waals surface area contributed by atoms with Gasteiger partial charge < -0.3 is 14.2 Å². The SMILES string of the molecule is Cc1cc2c(cc1N1c3cc(F)c(C#N)c(F)c3N(C)C1C)oc1ncccc12. The van der Waals surface area contributed by atoms with Crippen LogP contribution in [0.2, 0.25) is 0 Å². The van der Waals surface area contributed by atoms with Gasteiger partial charge in [-0.25, -0.2) is 13.8 Å². The van der Waals surface area contributed by atoms with Gasteiger partial charge in [-0.2, -0.15) is 5.26 Å². The van der Waals surface area contributed by atoms with E-state index in [0.717, 1.165) is 22.0 Å². The van der Waals surface area contributed by atoms with Crippen LogP contribution in [0.15, 0.2) is 40.9 Å². The number of halogens is 2. The molecule has 1 unspecified atom stereocenters. The van der Waals surface area contributed by atoms with E-state index in [1.165, 1.54) is 6.07 Å². The van der Waals surface area contributed by atoms with Gasteiger partial charge in [0, 0.05) is 41.8 Å². The third-order valence-corrected chi connectivity index (χ3v) is 5.66. The first-order chi connectivity index (χ1) is 13.9. The number of benzene rings is 2. The summed E-state index contributed by atoms with van der Waals surface area (Å²) < 4.78 is 35.2. The maximum Gasteiger partial charge on any atom is 0.227 e. The molecule has 5 rings (SSSR count). The number of fused-ring (bicyclic) bond motifs is 4. The second-order valence-electron chi connectivity index (χ2n) is 7.23. The molecular weight excluding hydrogens is 374 g/mol. The van der Waals surface area contributed by atoms with Crippen molar-refractivity contribution >= 4 is 39.1 Å². The first-order valence-electron chi connectivity index (χ1n) is 9.14. The van der Waals surface area contributed by atoms with E-state index in [1.54, 1.807) is 24.2 Å². The van der Waals surface area contributed by atoms with E-state index >= 15 is 0 Å². The maximum atomic E-state index is 14.9. The van der Waals surface area contributed by atoms with Gasteiger partial charge in [0.05, 0.1) is 5.69 Å². The van der Waals surface area contributed by atoms with Gasteiger partial charge in [-0.3, -0.25) is 0 Å². The monoisotopic (exact) mass is 390 g/mol. The number of hydrogen-bond donors (Lipinski definition) is 0. The highest BCUT2D eigenvalue weighted by Gasteiger charge is 2.37. The molecule has 0 N–H and O–H groups in total. The van der Waals surface area contributed by atoms with E-state index in [1.807, 2.05) is 43.0 Å². The second-order valence-corrected chi connectivity index (χ2v) is 7.23. The number of furan rings is 1. The number of rotatable bonds is 1. The molecule has 144 valence electrons. The Bertz CT molecular complexity index is 1350. The Labute approximate surface area is 165 Å². The lowest BCUT2D eigenvalue weighted by molar-refractivity contribution is 0.577. The number of anilines is 3. The molecule has 4 aromatic rings. The van der Waals surface area contributed by atoms with Gasteiger partial charge in [0.25, 0.3) is 0 Å². The molecule has 5 nitrogen and oxygen atoms in total. The smallest absolute Gasteiger partial charge is 0.227 e. The van der Waals surface area contributed by atoms with Crippen LogP contribution in [0.4, 0.5) is 25.8 Å². The molecule has 1 aliphatic heterocycles. The Kier molecular flexibility index (Phi) is 3.56. The van der Waals surface area contributed by atoms with Crippen LogP contribution in [0.3, 0.4) is 0 Å². The van der Waals surface area contributed by atoms with Crippen LogP contribution in [0.1, 0.15) is 18.1 Å². The fraction of sp³-hybridized carbons (Fsp3) is 0.182. The summed E-state index contributed by atoms with van der Waals surface area (Å²) in [5, 5.41) is 11.0. The van der Waals surface area contributed by atoms with Crippen molar-refractivity contribution in [1.82, 2.24) is 4.98 Å². The topological polar surface area (TPSA) is 56.3 Å². The fourth-order valence-corrected chi connectivity index (χ4v) is 4.12. The highest BCUT2D eigenvalue weighted by Crippen LogP contribution is 2.48. The number of hydrogen-bond acceptors (Lipinski definition) is 5. The summed E-state index contributed by atoms with van der Waals surface area (Å²) >= 11 is 0. The van der Waals surface area contributed by atoms with Crippen molar-refractivity contribution in [3.63, 3.8) is 0 Å². The number of nitrogens with zero attached hydrogens (tertiary/aromatic N) is 4. The molecule has 2 aromatic carbocycles. The van der Waals surface area contributed by atoms with Crippen LogP contribution in [0.5, 0.6) is 0 Å². The molecule has 0 amide bonds. The second kappa shape index (κ2) is 5.92. The molecule has 0 aliphatic carbocycles. The Balaban J connectivity index is 1.77. The minimum absolute atomic E-state index is 0.209. The predicted molar refractivity (Wildman–Crippen MR) is 107 cm³/mol. The molecule has 7 heteroatoms. The third-order valence-electron chi connectivity index (χ3n) is 5.66. The molecule has 1 aliphatic rings. The Morgan fingerprint density at radius 2 is 1.97 bits per heavy atom. The molecule has 0 bridgehead atoms. The average molecular weight is 390 g/mol. The molecule has 3 heterocycles. The summed E-state index contributed by atoms with van der Waals surface area (Å²) in [5.41, 5.74) is 2.92. The number of aromatic nitrogens is 1. The van der Waals surface area contributed by atoms with Gasteiger partial charge in [-0.1, -0.05) is 0 Å². The number of pyridine rings is 1. The van der Waals surface area contributed by atoms with E-state index in [0.29, 0.717) is 17.0 Å². The number of aryl methyl sites for hydroxylation is 1. The van der Waals surface area contributed by atoms with Gasteiger partial charge in [0.2, 0.25) is 5.71 Å². The fourth-order valence-electron chi connectivity index (χ4n) is 4.12. The van der Waals surface area contributed by atoms with Crippen molar-refractivity contribution in [3.8, 4) is 6.07 Å². The largest absolute Gasteiger partial charge is 0.438 e. The van der Waals surface area contributed by atoms with Crippen molar-refractivity contribution in [1.29, 1.82) is 5.26 Å². The van der Waals surface area contributed by atoms with Gasteiger partial charge in [0.15, 0.2) is 5.82 Å². The minimum Gasteiger partial charge on any atom is -0.438 e. The predicted octanol–water partition coefficient (Wildman–Crippen LogP) is 5.37. The van der Waals surface area contributed by atoms with E-state index < -0.39 is 17.2 Å².